The van der Waals surface area contributed by atoms with E-state index in [9.17, 15) is 9.18 Å². The maximum Gasteiger partial charge on any atom is 0.168 e. The molecule has 2 aromatic carbocycles. The summed E-state index contributed by atoms with van der Waals surface area (Å²) in [5.41, 5.74) is 0.856. The van der Waals surface area contributed by atoms with E-state index in [4.69, 9.17) is 11.6 Å². The Labute approximate surface area is 137 Å². The number of rotatable bonds is 3. The first-order chi connectivity index (χ1) is 8.97. The van der Waals surface area contributed by atoms with E-state index in [1.807, 2.05) is 12.1 Å². The molecule has 0 N–H and O–H groups in total. The molecule has 98 valence electrons. The standard InChI is InChI=1S/C14H8BrClFIO/c15-12-3-2-10(18)7-11(12)14(19)6-8-5-9(16)1-4-13(8)17/h1-5,7H,6H2. The van der Waals surface area contributed by atoms with E-state index in [1.54, 1.807) is 6.07 Å². The molecule has 1 nitrogen and oxygen atoms in total. The Hall–Kier alpha value is -0.460. The third kappa shape index (κ3) is 3.77. The Balaban J connectivity index is 2.30. The van der Waals surface area contributed by atoms with Gasteiger partial charge in [-0.2, -0.15) is 0 Å². The van der Waals surface area contributed by atoms with E-state index < -0.39 is 5.82 Å². The van der Waals surface area contributed by atoms with Gasteiger partial charge in [0.05, 0.1) is 0 Å². The summed E-state index contributed by atoms with van der Waals surface area (Å²) in [4.78, 5) is 12.2. The quantitative estimate of drug-likeness (QED) is 0.457. The Kier molecular flexibility index (Phi) is 4.97. The van der Waals surface area contributed by atoms with Gasteiger partial charge in [-0.05, 0) is 64.6 Å². The van der Waals surface area contributed by atoms with Crippen LogP contribution >= 0.6 is 50.1 Å². The predicted octanol–water partition coefficient (Wildman–Crippen LogP) is 5.27. The molecule has 0 atom stereocenters. The Morgan fingerprint density at radius 2 is 2.00 bits per heavy atom. The second-order valence-corrected chi connectivity index (χ2v) is 6.50. The van der Waals surface area contributed by atoms with Gasteiger partial charge in [-0.1, -0.05) is 27.5 Å². The lowest BCUT2D eigenvalue weighted by atomic mass is 10.0. The van der Waals surface area contributed by atoms with Gasteiger partial charge >= 0.3 is 0 Å². The average molecular weight is 453 g/mol. The molecule has 19 heavy (non-hydrogen) atoms. The van der Waals surface area contributed by atoms with Crippen molar-refractivity contribution in [2.24, 2.45) is 0 Å². The summed E-state index contributed by atoms with van der Waals surface area (Å²) in [5.74, 6) is -0.564. The molecule has 0 spiro atoms. The average Bonchev–Trinajstić information content (AvgIpc) is 2.36. The van der Waals surface area contributed by atoms with Crippen molar-refractivity contribution in [3.8, 4) is 0 Å². The zero-order valence-corrected chi connectivity index (χ0v) is 14.1. The molecule has 0 fully saturated rings. The Bertz CT molecular complexity index is 645. The minimum absolute atomic E-state index is 0.00884. The zero-order valence-electron chi connectivity index (χ0n) is 9.59. The monoisotopic (exact) mass is 452 g/mol. The summed E-state index contributed by atoms with van der Waals surface area (Å²) >= 11 is 11.3. The van der Waals surface area contributed by atoms with Crippen LogP contribution in [0.25, 0.3) is 0 Å². The first-order valence-corrected chi connectivity index (χ1v) is 7.64. The number of Topliss-reactive ketones (excluding diaryl/α,β-unsaturated/α-hetero) is 1. The van der Waals surface area contributed by atoms with Crippen LogP contribution in [0.4, 0.5) is 4.39 Å². The number of carbonyl (C=O) groups excluding carboxylic acids is 1. The van der Waals surface area contributed by atoms with Crippen LogP contribution in [0.1, 0.15) is 15.9 Å². The molecule has 0 aliphatic rings. The molecular weight excluding hydrogens is 445 g/mol. The highest BCUT2D eigenvalue weighted by molar-refractivity contribution is 14.1. The lowest BCUT2D eigenvalue weighted by Gasteiger charge is -2.06. The van der Waals surface area contributed by atoms with E-state index in [1.165, 1.54) is 18.2 Å². The summed E-state index contributed by atoms with van der Waals surface area (Å²) in [5, 5.41) is 0.422. The summed E-state index contributed by atoms with van der Waals surface area (Å²) < 4.78 is 15.3. The van der Waals surface area contributed by atoms with Gasteiger partial charge in [-0.15, -0.1) is 0 Å². The lowest BCUT2D eigenvalue weighted by Crippen LogP contribution is -2.06. The lowest BCUT2D eigenvalue weighted by molar-refractivity contribution is 0.0991. The SMILES string of the molecule is O=C(Cc1cc(Cl)ccc1F)c1cc(I)ccc1Br. The first kappa shape index (κ1) is 14.9. The van der Waals surface area contributed by atoms with Crippen LogP contribution in [0.15, 0.2) is 40.9 Å². The molecule has 0 aliphatic heterocycles. The smallest absolute Gasteiger partial charge is 0.168 e. The topological polar surface area (TPSA) is 17.1 Å². The molecule has 0 saturated heterocycles. The van der Waals surface area contributed by atoms with Gasteiger partial charge in [0.1, 0.15) is 5.82 Å². The molecule has 0 unspecified atom stereocenters. The van der Waals surface area contributed by atoms with Crippen molar-refractivity contribution in [1.29, 1.82) is 0 Å². The van der Waals surface area contributed by atoms with Crippen LogP contribution < -0.4 is 0 Å². The molecule has 0 amide bonds. The summed E-state index contributed by atoms with van der Waals surface area (Å²) in [6.07, 6.45) is -0.00884. The molecule has 0 heterocycles. The van der Waals surface area contributed by atoms with Gasteiger partial charge < -0.3 is 0 Å². The fraction of sp³-hybridized carbons (Fsp3) is 0.0714. The second kappa shape index (κ2) is 6.33. The van der Waals surface area contributed by atoms with Crippen LogP contribution in [-0.4, -0.2) is 5.78 Å². The van der Waals surface area contributed by atoms with Gasteiger partial charge in [0, 0.05) is 25.0 Å². The number of carbonyl (C=O) groups is 1. The number of hydrogen-bond donors (Lipinski definition) is 0. The second-order valence-electron chi connectivity index (χ2n) is 3.96. The van der Waals surface area contributed by atoms with Crippen LogP contribution in [0, 0.1) is 9.39 Å². The van der Waals surface area contributed by atoms with Crippen molar-refractivity contribution in [2.75, 3.05) is 0 Å². The molecule has 0 aliphatic carbocycles. The van der Waals surface area contributed by atoms with Crippen molar-refractivity contribution in [3.05, 3.63) is 66.4 Å². The molecule has 0 saturated carbocycles. The van der Waals surface area contributed by atoms with E-state index in [0.717, 1.165) is 3.57 Å². The van der Waals surface area contributed by atoms with Gasteiger partial charge in [-0.3, -0.25) is 4.79 Å². The predicted molar refractivity (Wildman–Crippen MR) is 86.3 cm³/mol. The maximum atomic E-state index is 13.6. The van der Waals surface area contributed by atoms with Gasteiger partial charge in [0.2, 0.25) is 0 Å². The molecule has 0 bridgehead atoms. The normalized spacial score (nSPS) is 10.5. The summed E-state index contributed by atoms with van der Waals surface area (Å²) in [6.45, 7) is 0. The van der Waals surface area contributed by atoms with Crippen molar-refractivity contribution in [1.82, 2.24) is 0 Å². The molecule has 2 aromatic rings. The minimum Gasteiger partial charge on any atom is -0.294 e. The van der Waals surface area contributed by atoms with Crippen LogP contribution in [0.3, 0.4) is 0 Å². The highest BCUT2D eigenvalue weighted by atomic mass is 127. The van der Waals surface area contributed by atoms with Crippen LogP contribution in [-0.2, 0) is 6.42 Å². The molecule has 5 heteroatoms. The third-order valence-corrected chi connectivity index (χ3v) is 4.19. The largest absolute Gasteiger partial charge is 0.294 e. The number of ketones is 1. The van der Waals surface area contributed by atoms with Crippen molar-refractivity contribution < 1.29 is 9.18 Å². The van der Waals surface area contributed by atoms with Gasteiger partial charge in [-0.25, -0.2) is 4.39 Å². The molecular formula is C14H8BrClFIO. The first-order valence-electron chi connectivity index (χ1n) is 5.39. The van der Waals surface area contributed by atoms with Crippen molar-refractivity contribution >= 4 is 55.9 Å². The Morgan fingerprint density at radius 3 is 2.74 bits per heavy atom. The van der Waals surface area contributed by atoms with Crippen LogP contribution in [0.2, 0.25) is 5.02 Å². The van der Waals surface area contributed by atoms with E-state index in [-0.39, 0.29) is 12.2 Å². The maximum absolute atomic E-state index is 13.6. The fourth-order valence-electron chi connectivity index (χ4n) is 1.66. The Morgan fingerprint density at radius 1 is 1.26 bits per heavy atom. The fourth-order valence-corrected chi connectivity index (χ4v) is 2.81. The molecule has 0 radical (unpaired) electrons. The number of benzene rings is 2. The van der Waals surface area contributed by atoms with Gasteiger partial charge in [0.25, 0.3) is 0 Å². The molecule has 0 aromatic heterocycles. The van der Waals surface area contributed by atoms with E-state index in [2.05, 4.69) is 38.5 Å². The van der Waals surface area contributed by atoms with E-state index in [0.29, 0.717) is 20.6 Å². The van der Waals surface area contributed by atoms with Crippen molar-refractivity contribution in [2.45, 2.75) is 6.42 Å². The van der Waals surface area contributed by atoms with Gasteiger partial charge in [0.15, 0.2) is 5.78 Å². The molecule has 2 rings (SSSR count). The third-order valence-electron chi connectivity index (χ3n) is 2.59. The summed E-state index contributed by atoms with van der Waals surface area (Å²) in [6, 6.07) is 9.69. The highest BCUT2D eigenvalue weighted by Gasteiger charge is 2.14. The zero-order chi connectivity index (χ0) is 14.0. The minimum atomic E-state index is -0.417. The number of hydrogen-bond acceptors (Lipinski definition) is 1. The summed E-state index contributed by atoms with van der Waals surface area (Å²) in [7, 11) is 0. The van der Waals surface area contributed by atoms with Crippen LogP contribution in [0.5, 0.6) is 0 Å². The van der Waals surface area contributed by atoms with Crippen molar-refractivity contribution in [3.63, 3.8) is 0 Å². The number of halogens is 4. The highest BCUT2D eigenvalue weighted by Crippen LogP contribution is 2.23. The van der Waals surface area contributed by atoms with E-state index >= 15 is 0 Å².